The predicted octanol–water partition coefficient (Wildman–Crippen LogP) is 2.49. The first-order valence-electron chi connectivity index (χ1n) is 6.04. The summed E-state index contributed by atoms with van der Waals surface area (Å²) in [5.41, 5.74) is 2.11. The summed E-state index contributed by atoms with van der Waals surface area (Å²) < 4.78 is 1.90. The van der Waals surface area contributed by atoms with Gasteiger partial charge in [-0.15, -0.1) is 0 Å². The zero-order valence-electron chi connectivity index (χ0n) is 10.2. The molecule has 88 valence electrons. The van der Waals surface area contributed by atoms with Crippen molar-refractivity contribution in [1.29, 1.82) is 0 Å². The van der Waals surface area contributed by atoms with E-state index < -0.39 is 0 Å². The zero-order chi connectivity index (χ0) is 12.0. The highest BCUT2D eigenvalue weighted by atomic mass is 16.1. The van der Waals surface area contributed by atoms with Crippen LogP contribution in [0, 0.1) is 5.41 Å². The van der Waals surface area contributed by atoms with Gasteiger partial charge in [-0.05, 0) is 25.8 Å². The number of hydrogen-bond acceptors (Lipinski definition) is 2. The molecule has 1 heterocycles. The second kappa shape index (κ2) is 3.42. The van der Waals surface area contributed by atoms with Crippen molar-refractivity contribution in [1.82, 2.24) is 9.78 Å². The summed E-state index contributed by atoms with van der Waals surface area (Å²) in [5.74, 6) is 0.312. The molecule has 0 atom stereocenters. The first-order chi connectivity index (χ1) is 8.12. The standard InChI is InChI=1S/C14H16N2O/c1-10(17)14(7-8-14)9-12-11-5-3-4-6-13(11)16(2)15-12/h3-6H,7-9H2,1-2H3. The van der Waals surface area contributed by atoms with Crippen LogP contribution in [0.1, 0.15) is 25.5 Å². The summed E-state index contributed by atoms with van der Waals surface area (Å²) in [5, 5.41) is 5.74. The van der Waals surface area contributed by atoms with Crippen molar-refractivity contribution in [3.8, 4) is 0 Å². The fourth-order valence-electron chi connectivity index (χ4n) is 2.54. The van der Waals surface area contributed by atoms with Gasteiger partial charge < -0.3 is 0 Å². The Kier molecular flexibility index (Phi) is 2.12. The number of hydrogen-bond donors (Lipinski definition) is 0. The van der Waals surface area contributed by atoms with Crippen molar-refractivity contribution in [2.45, 2.75) is 26.2 Å². The van der Waals surface area contributed by atoms with Gasteiger partial charge in [-0.25, -0.2) is 0 Å². The lowest BCUT2D eigenvalue weighted by Crippen LogP contribution is -2.15. The van der Waals surface area contributed by atoms with E-state index in [9.17, 15) is 4.79 Å². The number of carbonyl (C=O) groups excluding carboxylic acids is 1. The normalized spacial score (nSPS) is 17.3. The molecule has 1 fully saturated rings. The molecule has 1 aromatic heterocycles. The SMILES string of the molecule is CC(=O)C1(Cc2nn(C)c3ccccc23)CC1. The molecule has 1 aliphatic rings. The van der Waals surface area contributed by atoms with Crippen LogP contribution in [0.4, 0.5) is 0 Å². The maximum absolute atomic E-state index is 11.6. The molecule has 0 aliphatic heterocycles. The first-order valence-corrected chi connectivity index (χ1v) is 6.04. The Labute approximate surface area is 100 Å². The van der Waals surface area contributed by atoms with Gasteiger partial charge in [-0.3, -0.25) is 9.48 Å². The van der Waals surface area contributed by atoms with Crippen LogP contribution in [0.25, 0.3) is 10.9 Å². The number of carbonyl (C=O) groups is 1. The van der Waals surface area contributed by atoms with Crippen LogP contribution in [-0.2, 0) is 18.3 Å². The molecule has 0 N–H and O–H groups in total. The molecule has 0 radical (unpaired) electrons. The third kappa shape index (κ3) is 1.57. The van der Waals surface area contributed by atoms with E-state index in [1.54, 1.807) is 6.92 Å². The largest absolute Gasteiger partial charge is 0.299 e. The smallest absolute Gasteiger partial charge is 0.136 e. The third-order valence-corrected chi connectivity index (χ3v) is 3.94. The predicted molar refractivity (Wildman–Crippen MR) is 66.8 cm³/mol. The Hall–Kier alpha value is -1.64. The van der Waals surface area contributed by atoms with Crippen LogP contribution in [0.5, 0.6) is 0 Å². The monoisotopic (exact) mass is 228 g/mol. The highest BCUT2D eigenvalue weighted by molar-refractivity contribution is 5.87. The molecule has 3 nitrogen and oxygen atoms in total. The van der Waals surface area contributed by atoms with Crippen molar-refractivity contribution in [3.05, 3.63) is 30.0 Å². The van der Waals surface area contributed by atoms with Crippen LogP contribution in [0.2, 0.25) is 0 Å². The minimum absolute atomic E-state index is 0.100. The lowest BCUT2D eigenvalue weighted by molar-refractivity contribution is -0.121. The van der Waals surface area contributed by atoms with Crippen molar-refractivity contribution in [2.24, 2.45) is 12.5 Å². The number of nitrogens with zero attached hydrogens (tertiary/aromatic N) is 2. The summed E-state index contributed by atoms with van der Waals surface area (Å²) in [4.78, 5) is 11.6. The fourth-order valence-corrected chi connectivity index (χ4v) is 2.54. The van der Waals surface area contributed by atoms with E-state index in [4.69, 9.17) is 0 Å². The number of Topliss-reactive ketones (excluding diaryl/α,β-unsaturated/α-hetero) is 1. The van der Waals surface area contributed by atoms with Crippen LogP contribution in [0.15, 0.2) is 24.3 Å². The lowest BCUT2D eigenvalue weighted by Gasteiger charge is -2.08. The fraction of sp³-hybridized carbons (Fsp3) is 0.429. The molecular formula is C14H16N2O. The number of benzene rings is 1. The summed E-state index contributed by atoms with van der Waals surface area (Å²) in [6.07, 6.45) is 2.84. The molecule has 0 bridgehead atoms. The summed E-state index contributed by atoms with van der Waals surface area (Å²) in [6, 6.07) is 8.21. The Bertz CT molecular complexity index is 593. The van der Waals surface area contributed by atoms with Crippen LogP contribution in [0.3, 0.4) is 0 Å². The van der Waals surface area contributed by atoms with Gasteiger partial charge >= 0.3 is 0 Å². The van der Waals surface area contributed by atoms with E-state index in [2.05, 4.69) is 17.2 Å². The molecule has 1 aliphatic carbocycles. The van der Waals surface area contributed by atoms with Crippen LogP contribution in [-0.4, -0.2) is 15.6 Å². The van der Waals surface area contributed by atoms with E-state index in [0.717, 1.165) is 30.5 Å². The topological polar surface area (TPSA) is 34.9 Å². The van der Waals surface area contributed by atoms with Gasteiger partial charge in [0.15, 0.2) is 0 Å². The molecular weight excluding hydrogens is 212 g/mol. The van der Waals surface area contributed by atoms with Gasteiger partial charge in [0.1, 0.15) is 5.78 Å². The molecule has 2 aromatic rings. The van der Waals surface area contributed by atoms with Gasteiger partial charge in [-0.1, -0.05) is 18.2 Å². The van der Waals surface area contributed by atoms with Crippen molar-refractivity contribution in [3.63, 3.8) is 0 Å². The first kappa shape index (κ1) is 10.5. The van der Waals surface area contributed by atoms with E-state index in [1.807, 2.05) is 23.9 Å². The molecule has 1 aromatic carbocycles. The zero-order valence-corrected chi connectivity index (χ0v) is 10.2. The number of ketones is 1. The van der Waals surface area contributed by atoms with E-state index in [-0.39, 0.29) is 5.41 Å². The molecule has 3 rings (SSSR count). The van der Waals surface area contributed by atoms with Crippen molar-refractivity contribution < 1.29 is 4.79 Å². The number of aromatic nitrogens is 2. The minimum atomic E-state index is -0.100. The van der Waals surface area contributed by atoms with Crippen molar-refractivity contribution >= 4 is 16.7 Å². The summed E-state index contributed by atoms with van der Waals surface area (Å²) in [7, 11) is 1.96. The van der Waals surface area contributed by atoms with Crippen LogP contribution < -0.4 is 0 Å². The average Bonchev–Trinajstić information content (AvgIpc) is 3.03. The highest BCUT2D eigenvalue weighted by Gasteiger charge is 2.47. The molecule has 0 amide bonds. The Morgan fingerprint density at radius 1 is 1.41 bits per heavy atom. The Morgan fingerprint density at radius 2 is 2.12 bits per heavy atom. The second-order valence-electron chi connectivity index (χ2n) is 5.10. The minimum Gasteiger partial charge on any atom is -0.299 e. The van der Waals surface area contributed by atoms with Gasteiger partial charge in [0.25, 0.3) is 0 Å². The van der Waals surface area contributed by atoms with E-state index in [1.165, 1.54) is 5.39 Å². The van der Waals surface area contributed by atoms with Gasteiger partial charge in [-0.2, -0.15) is 5.10 Å². The number of aryl methyl sites for hydroxylation is 1. The van der Waals surface area contributed by atoms with Gasteiger partial charge in [0.05, 0.1) is 11.2 Å². The second-order valence-corrected chi connectivity index (χ2v) is 5.10. The highest BCUT2D eigenvalue weighted by Crippen LogP contribution is 2.49. The quantitative estimate of drug-likeness (QED) is 0.809. The third-order valence-electron chi connectivity index (χ3n) is 3.94. The van der Waals surface area contributed by atoms with Gasteiger partial charge in [0.2, 0.25) is 0 Å². The Balaban J connectivity index is 2.04. The number of para-hydroxylation sites is 1. The molecule has 1 saturated carbocycles. The van der Waals surface area contributed by atoms with E-state index >= 15 is 0 Å². The lowest BCUT2D eigenvalue weighted by atomic mass is 9.94. The summed E-state index contributed by atoms with van der Waals surface area (Å²) in [6.45, 7) is 1.71. The average molecular weight is 228 g/mol. The number of fused-ring (bicyclic) bond motifs is 1. The molecule has 0 saturated heterocycles. The maximum atomic E-state index is 11.6. The maximum Gasteiger partial charge on any atom is 0.136 e. The molecule has 0 unspecified atom stereocenters. The number of rotatable bonds is 3. The summed E-state index contributed by atoms with van der Waals surface area (Å²) >= 11 is 0. The molecule has 3 heteroatoms. The molecule has 0 spiro atoms. The van der Waals surface area contributed by atoms with Gasteiger partial charge in [0, 0.05) is 24.3 Å². The molecule has 17 heavy (non-hydrogen) atoms. The van der Waals surface area contributed by atoms with E-state index in [0.29, 0.717) is 5.78 Å². The Morgan fingerprint density at radius 3 is 2.76 bits per heavy atom. The van der Waals surface area contributed by atoms with Crippen molar-refractivity contribution in [2.75, 3.05) is 0 Å². The van der Waals surface area contributed by atoms with Crippen LogP contribution >= 0.6 is 0 Å².